The third-order valence-corrected chi connectivity index (χ3v) is 11.9. The van der Waals surface area contributed by atoms with Crippen LogP contribution in [0.3, 0.4) is 0 Å². The molecule has 0 saturated carbocycles. The van der Waals surface area contributed by atoms with Crippen LogP contribution in [-0.4, -0.2) is 54.8 Å². The summed E-state index contributed by atoms with van der Waals surface area (Å²) in [6, 6.07) is 7.43. The average molecular weight is 532 g/mol. The van der Waals surface area contributed by atoms with Crippen molar-refractivity contribution >= 4 is 39.4 Å². The molecule has 4 rings (SSSR count). The highest BCUT2D eigenvalue weighted by Gasteiger charge is 2.44. The van der Waals surface area contributed by atoms with Gasteiger partial charge in [-0.2, -0.15) is 10.4 Å². The molecular formula is C26H32BFN7O2Si. The summed E-state index contributed by atoms with van der Waals surface area (Å²) < 4.78 is 23.3. The number of aryl methyl sites for hydroxylation is 1. The van der Waals surface area contributed by atoms with Gasteiger partial charge < -0.3 is 19.3 Å². The summed E-state index contributed by atoms with van der Waals surface area (Å²) in [5, 5.41) is 17.3. The monoisotopic (exact) mass is 532 g/mol. The fourth-order valence-corrected chi connectivity index (χ4v) is 5.38. The Labute approximate surface area is 224 Å². The fourth-order valence-electron chi connectivity index (χ4n) is 4.27. The van der Waals surface area contributed by atoms with E-state index in [1.54, 1.807) is 34.9 Å². The Morgan fingerprint density at radius 2 is 2.11 bits per heavy atom. The van der Waals surface area contributed by atoms with Crippen LogP contribution in [0, 0.1) is 17.1 Å². The van der Waals surface area contributed by atoms with Crippen LogP contribution in [0.1, 0.15) is 38.8 Å². The molecule has 38 heavy (non-hydrogen) atoms. The molecule has 12 heteroatoms. The number of nitriles is 1. The maximum absolute atomic E-state index is 15.1. The molecule has 1 aromatic carbocycles. The molecular weight excluding hydrogens is 500 g/mol. The Morgan fingerprint density at radius 3 is 2.71 bits per heavy atom. The van der Waals surface area contributed by atoms with Crippen molar-refractivity contribution in [2.75, 3.05) is 23.3 Å². The standard InChI is InChI=1S/C26H32BFN7O2Si/c1-25(2,3)38(6,7)37-15-26(4)14-35(27-16-36)23-18(12-29)10-17(11-19(23)26)22-20(28)13-30-24(32-22)31-21-8-9-34(5)33-21/h8-11,13,16H,14-15H2,1-7H3,(H,30,31,32,33)/t26-/m1/s1. The number of benzene rings is 1. The zero-order valence-corrected chi connectivity index (χ0v) is 23.8. The van der Waals surface area contributed by atoms with Crippen LogP contribution in [-0.2, 0) is 21.7 Å². The Kier molecular flexibility index (Phi) is 7.20. The van der Waals surface area contributed by atoms with Gasteiger partial charge in [0.05, 0.1) is 11.8 Å². The highest BCUT2D eigenvalue weighted by atomic mass is 28.4. The third kappa shape index (κ3) is 5.21. The first kappa shape index (κ1) is 27.5. The molecule has 0 amide bonds. The Balaban J connectivity index is 1.79. The zero-order chi connectivity index (χ0) is 27.9. The summed E-state index contributed by atoms with van der Waals surface area (Å²) in [4.78, 5) is 21.7. The van der Waals surface area contributed by atoms with E-state index in [1.807, 2.05) is 13.0 Å². The van der Waals surface area contributed by atoms with Crippen LogP contribution in [0.25, 0.3) is 11.3 Å². The molecule has 0 bridgehead atoms. The Hall–Kier alpha value is -3.56. The Morgan fingerprint density at radius 1 is 1.37 bits per heavy atom. The summed E-state index contributed by atoms with van der Waals surface area (Å²) in [6.45, 7) is 13.8. The van der Waals surface area contributed by atoms with Crippen molar-refractivity contribution < 1.29 is 13.6 Å². The predicted molar refractivity (Wildman–Crippen MR) is 149 cm³/mol. The summed E-state index contributed by atoms with van der Waals surface area (Å²) in [6.07, 6.45) is 3.57. The van der Waals surface area contributed by atoms with Gasteiger partial charge in [0.2, 0.25) is 5.95 Å². The molecule has 3 heterocycles. The van der Waals surface area contributed by atoms with E-state index in [4.69, 9.17) is 4.43 Å². The number of nitrogens with one attached hydrogen (secondary N) is 1. The average Bonchev–Trinajstić information content (AvgIpc) is 3.38. The van der Waals surface area contributed by atoms with E-state index >= 15 is 4.39 Å². The number of hydrogen-bond donors (Lipinski definition) is 1. The smallest absolute Gasteiger partial charge is 0.329 e. The first-order valence-electron chi connectivity index (χ1n) is 12.4. The highest BCUT2D eigenvalue weighted by molar-refractivity contribution is 6.74. The number of hydrogen-bond acceptors (Lipinski definition) is 8. The van der Waals surface area contributed by atoms with Crippen LogP contribution in [0.4, 0.5) is 21.8 Å². The van der Waals surface area contributed by atoms with Gasteiger partial charge in [-0.1, -0.05) is 27.7 Å². The molecule has 2 aromatic heterocycles. The van der Waals surface area contributed by atoms with Gasteiger partial charge in [-0.15, -0.1) is 0 Å². The number of rotatable bonds is 8. The number of carbonyl (C=O) groups excluding carboxylic acids is 1. The molecule has 1 atom stereocenters. The van der Waals surface area contributed by atoms with Gasteiger partial charge in [0.1, 0.15) is 17.9 Å². The van der Waals surface area contributed by atoms with E-state index in [2.05, 4.69) is 60.3 Å². The second-order valence-electron chi connectivity index (χ2n) is 11.4. The zero-order valence-electron chi connectivity index (χ0n) is 22.8. The molecule has 1 radical (unpaired) electrons. The molecule has 3 aromatic rings. The molecule has 0 saturated heterocycles. The quantitative estimate of drug-likeness (QED) is 0.333. The second-order valence-corrected chi connectivity index (χ2v) is 16.3. The largest absolute Gasteiger partial charge is 0.416 e. The van der Waals surface area contributed by atoms with Crippen molar-refractivity contribution in [3.8, 4) is 17.3 Å². The topological polar surface area (TPSA) is 109 Å². The highest BCUT2D eigenvalue weighted by Crippen LogP contribution is 2.46. The van der Waals surface area contributed by atoms with Gasteiger partial charge in [0.25, 0.3) is 0 Å². The van der Waals surface area contributed by atoms with Crippen molar-refractivity contribution in [3.05, 3.63) is 47.5 Å². The second kappa shape index (κ2) is 9.96. The van der Waals surface area contributed by atoms with Crippen molar-refractivity contribution in [2.45, 2.75) is 51.2 Å². The lowest BCUT2D eigenvalue weighted by atomic mass is 9.83. The van der Waals surface area contributed by atoms with Crippen LogP contribution in [0.5, 0.6) is 0 Å². The van der Waals surface area contributed by atoms with Gasteiger partial charge >= 0.3 is 7.41 Å². The van der Waals surface area contributed by atoms with E-state index in [0.29, 0.717) is 42.0 Å². The molecule has 9 nitrogen and oxygen atoms in total. The van der Waals surface area contributed by atoms with Crippen LogP contribution < -0.4 is 10.1 Å². The number of halogens is 1. The summed E-state index contributed by atoms with van der Waals surface area (Å²) in [5.41, 5.74) is 1.71. The lowest BCUT2D eigenvalue weighted by Gasteiger charge is -2.39. The van der Waals surface area contributed by atoms with E-state index in [-0.39, 0.29) is 16.7 Å². The molecule has 1 aliphatic rings. The minimum Gasteiger partial charge on any atom is -0.416 e. The number of nitrogens with zero attached hydrogens (tertiary/aromatic N) is 6. The third-order valence-electron chi connectivity index (χ3n) is 7.46. The lowest BCUT2D eigenvalue weighted by Crippen LogP contribution is -2.46. The van der Waals surface area contributed by atoms with Crippen LogP contribution in [0.15, 0.2) is 30.6 Å². The van der Waals surface area contributed by atoms with E-state index < -0.39 is 19.5 Å². The molecule has 197 valence electrons. The minimum atomic E-state index is -2.09. The summed E-state index contributed by atoms with van der Waals surface area (Å²) in [7, 11) is 1.12. The van der Waals surface area contributed by atoms with Crippen LogP contribution in [0.2, 0.25) is 18.1 Å². The van der Waals surface area contributed by atoms with E-state index in [9.17, 15) is 10.1 Å². The lowest BCUT2D eigenvalue weighted by molar-refractivity contribution is 0.219. The van der Waals surface area contributed by atoms with Gasteiger partial charge in [-0.25, -0.2) is 14.4 Å². The summed E-state index contributed by atoms with van der Waals surface area (Å²) in [5.74, 6) is 0.0834. The van der Waals surface area contributed by atoms with Gasteiger partial charge in [0, 0.05) is 49.1 Å². The van der Waals surface area contributed by atoms with E-state index in [0.717, 1.165) is 11.8 Å². The number of anilines is 3. The molecule has 0 aliphatic carbocycles. The minimum absolute atomic E-state index is 0.0141. The normalized spacial score (nSPS) is 17.2. The molecule has 0 unspecified atom stereocenters. The van der Waals surface area contributed by atoms with Crippen molar-refractivity contribution in [1.29, 1.82) is 5.26 Å². The van der Waals surface area contributed by atoms with Gasteiger partial charge in [0.15, 0.2) is 20.0 Å². The van der Waals surface area contributed by atoms with Crippen molar-refractivity contribution in [2.24, 2.45) is 7.05 Å². The van der Waals surface area contributed by atoms with Gasteiger partial charge in [-0.05, 0) is 35.8 Å². The fraction of sp³-hybridized carbons (Fsp3) is 0.423. The number of carbonyl (C=O) groups is 1. The summed E-state index contributed by atoms with van der Waals surface area (Å²) >= 11 is 0. The number of fused-ring (bicyclic) bond motifs is 1. The van der Waals surface area contributed by atoms with Crippen LogP contribution >= 0.6 is 0 Å². The predicted octanol–water partition coefficient (Wildman–Crippen LogP) is 4.54. The van der Waals surface area contributed by atoms with Crippen molar-refractivity contribution in [1.82, 2.24) is 19.7 Å². The maximum atomic E-state index is 15.1. The molecule has 0 fully saturated rings. The van der Waals surface area contributed by atoms with E-state index in [1.165, 1.54) is 7.41 Å². The number of aromatic nitrogens is 4. The Bertz CT molecular complexity index is 1420. The SMILES string of the molecule is Cn1ccc(Nc2ncc(F)c(-c3cc(C#N)c4c(c3)[C@@](C)(CO[Si](C)(C)C(C)(C)C)CN4[B]C=O)n2)n1. The first-order chi connectivity index (χ1) is 17.8. The molecule has 1 N–H and O–H groups in total. The first-order valence-corrected chi connectivity index (χ1v) is 15.3. The molecule has 0 spiro atoms. The maximum Gasteiger partial charge on any atom is 0.329 e. The van der Waals surface area contributed by atoms with Crippen molar-refractivity contribution in [3.63, 3.8) is 0 Å². The van der Waals surface area contributed by atoms with Gasteiger partial charge in [-0.3, -0.25) is 4.68 Å². The molecule has 1 aliphatic heterocycles.